The number of nitrogens with one attached hydrogen (secondary N) is 1. The molecular formula is C14H19ClN4O2. The highest BCUT2D eigenvalue weighted by Crippen LogP contribution is 2.31. The number of aliphatic hydroxyl groups is 1. The maximum absolute atomic E-state index is 8.83. The number of hydrogen-bond acceptors (Lipinski definition) is 6. The average molecular weight is 311 g/mol. The molecule has 0 spiro atoms. The topological polar surface area (TPSA) is 120 Å². The van der Waals surface area contributed by atoms with Crippen LogP contribution >= 0.6 is 12.4 Å². The second kappa shape index (κ2) is 7.47. The van der Waals surface area contributed by atoms with E-state index in [0.717, 1.165) is 5.69 Å². The van der Waals surface area contributed by atoms with Crippen LogP contribution in [0.2, 0.25) is 0 Å². The Morgan fingerprint density at radius 3 is 2.24 bits per heavy atom. The van der Waals surface area contributed by atoms with Crippen molar-refractivity contribution >= 4 is 40.8 Å². The SMILES string of the molecule is Cl.Nc1cc(N)cc(Nc2cc(N)ccc2OCCO)c1. The molecule has 8 N–H and O–H groups in total. The molecule has 2 aromatic rings. The first kappa shape index (κ1) is 16.7. The van der Waals surface area contributed by atoms with Crippen molar-refractivity contribution in [2.45, 2.75) is 0 Å². The first-order valence-corrected chi connectivity index (χ1v) is 6.15. The highest BCUT2D eigenvalue weighted by Gasteiger charge is 2.06. The second-order valence-corrected chi connectivity index (χ2v) is 4.34. The second-order valence-electron chi connectivity index (χ2n) is 4.34. The minimum atomic E-state index is -0.0605. The first-order chi connectivity index (χ1) is 9.58. The van der Waals surface area contributed by atoms with E-state index in [1.165, 1.54) is 0 Å². The van der Waals surface area contributed by atoms with E-state index in [9.17, 15) is 0 Å². The molecule has 2 aromatic carbocycles. The van der Waals surface area contributed by atoms with Gasteiger partial charge in [0, 0.05) is 22.7 Å². The van der Waals surface area contributed by atoms with Gasteiger partial charge in [0.2, 0.25) is 0 Å². The van der Waals surface area contributed by atoms with Gasteiger partial charge in [0.05, 0.1) is 12.3 Å². The molecular weight excluding hydrogens is 292 g/mol. The Labute approximate surface area is 129 Å². The Hall–Kier alpha value is -2.31. The van der Waals surface area contributed by atoms with Gasteiger partial charge in [0.25, 0.3) is 0 Å². The number of halogens is 1. The molecule has 2 rings (SSSR count). The standard InChI is InChI=1S/C14H18N4O2.ClH/c15-9-1-2-14(20-4-3-19)13(8-9)18-12-6-10(16)5-11(17)7-12;/h1-2,5-8,18-19H,3-4,15-17H2;1H. The Morgan fingerprint density at radius 2 is 1.62 bits per heavy atom. The van der Waals surface area contributed by atoms with Crippen molar-refractivity contribution in [3.05, 3.63) is 36.4 Å². The molecule has 0 aromatic heterocycles. The molecule has 0 heterocycles. The highest BCUT2D eigenvalue weighted by atomic mass is 35.5. The molecule has 0 aliphatic carbocycles. The number of benzene rings is 2. The van der Waals surface area contributed by atoms with Gasteiger partial charge < -0.3 is 32.4 Å². The number of nitrogens with two attached hydrogens (primary N) is 3. The number of aliphatic hydroxyl groups excluding tert-OH is 1. The normalized spacial score (nSPS) is 9.76. The maximum Gasteiger partial charge on any atom is 0.143 e. The monoisotopic (exact) mass is 310 g/mol. The molecule has 114 valence electrons. The van der Waals surface area contributed by atoms with Gasteiger partial charge in [-0.3, -0.25) is 0 Å². The number of ether oxygens (including phenoxy) is 1. The minimum absolute atomic E-state index is 0. The summed E-state index contributed by atoms with van der Waals surface area (Å²) in [6.45, 7) is 0.146. The fourth-order valence-electron chi connectivity index (χ4n) is 1.83. The lowest BCUT2D eigenvalue weighted by Gasteiger charge is -2.14. The molecule has 21 heavy (non-hydrogen) atoms. The van der Waals surface area contributed by atoms with Gasteiger partial charge in [-0.1, -0.05) is 0 Å². The first-order valence-electron chi connectivity index (χ1n) is 6.15. The lowest BCUT2D eigenvalue weighted by Crippen LogP contribution is -2.04. The van der Waals surface area contributed by atoms with Crippen molar-refractivity contribution in [3.63, 3.8) is 0 Å². The Balaban J connectivity index is 0.00000220. The van der Waals surface area contributed by atoms with Gasteiger partial charge in [-0.25, -0.2) is 0 Å². The van der Waals surface area contributed by atoms with E-state index in [1.807, 2.05) is 0 Å². The van der Waals surface area contributed by atoms with E-state index >= 15 is 0 Å². The van der Waals surface area contributed by atoms with Crippen LogP contribution in [0.4, 0.5) is 28.4 Å². The third-order valence-electron chi connectivity index (χ3n) is 2.61. The summed E-state index contributed by atoms with van der Waals surface area (Å²) >= 11 is 0. The van der Waals surface area contributed by atoms with Crippen molar-refractivity contribution < 1.29 is 9.84 Å². The van der Waals surface area contributed by atoms with Crippen LogP contribution in [0, 0.1) is 0 Å². The van der Waals surface area contributed by atoms with Crippen LogP contribution in [0.3, 0.4) is 0 Å². The van der Waals surface area contributed by atoms with E-state index in [-0.39, 0.29) is 25.6 Å². The molecule has 0 saturated heterocycles. The van der Waals surface area contributed by atoms with Crippen LogP contribution in [-0.4, -0.2) is 18.3 Å². The zero-order chi connectivity index (χ0) is 14.5. The van der Waals surface area contributed by atoms with Crippen molar-refractivity contribution in [2.75, 3.05) is 35.7 Å². The van der Waals surface area contributed by atoms with Gasteiger partial charge in [-0.2, -0.15) is 0 Å². The third kappa shape index (κ3) is 4.62. The summed E-state index contributed by atoms with van der Waals surface area (Å²) in [4.78, 5) is 0. The number of nitrogen functional groups attached to an aromatic ring is 3. The molecule has 0 radical (unpaired) electrons. The number of hydrogen-bond donors (Lipinski definition) is 5. The van der Waals surface area contributed by atoms with Crippen molar-refractivity contribution in [3.8, 4) is 5.75 Å². The van der Waals surface area contributed by atoms with Crippen LogP contribution in [0.5, 0.6) is 5.75 Å². The van der Waals surface area contributed by atoms with Gasteiger partial charge >= 0.3 is 0 Å². The van der Waals surface area contributed by atoms with Crippen LogP contribution < -0.4 is 27.3 Å². The molecule has 0 saturated carbocycles. The highest BCUT2D eigenvalue weighted by molar-refractivity contribution is 5.85. The van der Waals surface area contributed by atoms with Gasteiger partial charge in [0.1, 0.15) is 12.4 Å². The fourth-order valence-corrected chi connectivity index (χ4v) is 1.83. The zero-order valence-electron chi connectivity index (χ0n) is 11.4. The Morgan fingerprint density at radius 1 is 0.952 bits per heavy atom. The summed E-state index contributed by atoms with van der Waals surface area (Å²) in [5.74, 6) is 0.592. The van der Waals surface area contributed by atoms with Gasteiger partial charge in [-0.15, -0.1) is 12.4 Å². The minimum Gasteiger partial charge on any atom is -0.489 e. The number of rotatable bonds is 5. The van der Waals surface area contributed by atoms with E-state index in [4.69, 9.17) is 27.0 Å². The summed E-state index contributed by atoms with van der Waals surface area (Å²) < 4.78 is 5.44. The van der Waals surface area contributed by atoms with Crippen LogP contribution in [0.25, 0.3) is 0 Å². The zero-order valence-corrected chi connectivity index (χ0v) is 12.2. The molecule has 6 nitrogen and oxygen atoms in total. The van der Waals surface area contributed by atoms with Crippen LogP contribution in [0.15, 0.2) is 36.4 Å². The third-order valence-corrected chi connectivity index (χ3v) is 2.61. The van der Waals surface area contributed by atoms with Crippen LogP contribution in [-0.2, 0) is 0 Å². The van der Waals surface area contributed by atoms with E-state index in [2.05, 4.69) is 5.32 Å². The Bertz CT molecular complexity index is 587. The van der Waals surface area contributed by atoms with E-state index < -0.39 is 0 Å². The average Bonchev–Trinajstić information content (AvgIpc) is 2.36. The van der Waals surface area contributed by atoms with Gasteiger partial charge in [-0.05, 0) is 36.4 Å². The molecule has 0 unspecified atom stereocenters. The predicted octanol–water partition coefficient (Wildman–Crippen LogP) is 1.97. The molecule has 0 aliphatic rings. The van der Waals surface area contributed by atoms with Crippen LogP contribution in [0.1, 0.15) is 0 Å². The van der Waals surface area contributed by atoms with Crippen molar-refractivity contribution in [1.29, 1.82) is 0 Å². The smallest absolute Gasteiger partial charge is 0.143 e. The quantitative estimate of drug-likeness (QED) is 0.539. The largest absolute Gasteiger partial charge is 0.489 e. The Kier molecular flexibility index (Phi) is 5.95. The summed E-state index contributed by atoms with van der Waals surface area (Å²) in [6.07, 6.45) is 0. The molecule has 0 bridgehead atoms. The van der Waals surface area contributed by atoms with E-state index in [1.54, 1.807) is 36.4 Å². The lowest BCUT2D eigenvalue weighted by molar-refractivity contribution is 0.202. The summed E-state index contributed by atoms with van der Waals surface area (Å²) in [5.41, 5.74) is 20.4. The maximum atomic E-state index is 8.83. The molecule has 0 aliphatic heterocycles. The fraction of sp³-hybridized carbons (Fsp3) is 0.143. The van der Waals surface area contributed by atoms with Gasteiger partial charge in [0.15, 0.2) is 0 Å². The van der Waals surface area contributed by atoms with Crippen molar-refractivity contribution in [1.82, 2.24) is 0 Å². The molecule has 0 amide bonds. The van der Waals surface area contributed by atoms with Crippen molar-refractivity contribution in [2.24, 2.45) is 0 Å². The molecule has 0 atom stereocenters. The number of anilines is 5. The predicted molar refractivity (Wildman–Crippen MR) is 89.2 cm³/mol. The summed E-state index contributed by atoms with van der Waals surface area (Å²) in [7, 11) is 0. The lowest BCUT2D eigenvalue weighted by atomic mass is 10.2. The summed E-state index contributed by atoms with van der Waals surface area (Å²) in [5, 5.41) is 12.0. The summed E-state index contributed by atoms with van der Waals surface area (Å²) in [6, 6.07) is 10.4. The molecule has 0 fully saturated rings. The molecule has 7 heteroatoms. The van der Waals surface area contributed by atoms with E-state index in [0.29, 0.717) is 28.5 Å².